The third-order valence-electron chi connectivity index (χ3n) is 7.11. The molecule has 0 aromatic heterocycles. The first-order chi connectivity index (χ1) is 11.9. The Morgan fingerprint density at radius 1 is 1.16 bits per heavy atom. The molecule has 0 radical (unpaired) electrons. The molecule has 0 unspecified atom stereocenters. The number of nitro groups is 1. The zero-order valence-electron chi connectivity index (χ0n) is 14.9. The maximum atomic E-state index is 10.7. The molecule has 5 heteroatoms. The summed E-state index contributed by atoms with van der Waals surface area (Å²) in [5, 5.41) is 24.8. The Bertz CT molecular complexity index is 608. The molecule has 4 fully saturated rings. The second-order valence-electron chi connectivity index (χ2n) is 8.77. The lowest BCUT2D eigenvalue weighted by molar-refractivity contribution is -0.384. The van der Waals surface area contributed by atoms with E-state index in [4.69, 9.17) is 0 Å². The van der Waals surface area contributed by atoms with E-state index in [1.165, 1.54) is 50.7 Å². The Balaban J connectivity index is 1.37. The molecule has 5 nitrogen and oxygen atoms in total. The van der Waals surface area contributed by atoms with Crippen molar-refractivity contribution in [3.8, 4) is 0 Å². The molecule has 2 atom stereocenters. The average Bonchev–Trinajstić information content (AvgIpc) is 2.58. The number of hydrogen-bond acceptors (Lipinski definition) is 4. The van der Waals surface area contributed by atoms with Gasteiger partial charge in [0.15, 0.2) is 0 Å². The third-order valence-corrected chi connectivity index (χ3v) is 7.11. The maximum Gasteiger partial charge on any atom is 0.269 e. The topological polar surface area (TPSA) is 75.4 Å². The Kier molecular flexibility index (Phi) is 4.32. The van der Waals surface area contributed by atoms with E-state index >= 15 is 0 Å². The maximum absolute atomic E-state index is 10.7. The van der Waals surface area contributed by atoms with Gasteiger partial charge < -0.3 is 10.4 Å². The van der Waals surface area contributed by atoms with E-state index in [1.54, 1.807) is 12.1 Å². The number of benzene rings is 1. The van der Waals surface area contributed by atoms with Crippen molar-refractivity contribution in [2.24, 2.45) is 23.2 Å². The van der Waals surface area contributed by atoms with Crippen LogP contribution >= 0.6 is 0 Å². The van der Waals surface area contributed by atoms with Gasteiger partial charge in [-0.2, -0.15) is 0 Å². The van der Waals surface area contributed by atoms with Crippen LogP contribution in [-0.4, -0.2) is 22.6 Å². The van der Waals surface area contributed by atoms with Gasteiger partial charge in [-0.25, -0.2) is 0 Å². The van der Waals surface area contributed by atoms with E-state index in [9.17, 15) is 15.2 Å². The van der Waals surface area contributed by atoms with E-state index in [0.29, 0.717) is 18.0 Å². The Labute approximate surface area is 149 Å². The number of hydrogen-bond donors (Lipinski definition) is 2. The fourth-order valence-electron chi connectivity index (χ4n) is 6.15. The summed E-state index contributed by atoms with van der Waals surface area (Å²) in [6.45, 7) is 2.79. The standard InChI is InChI=1S/C20H28N2O3/c1-13(20-9-14-6-15(10-20)8-16(7-14)11-20)21-12-19(23)17-2-4-18(5-3-17)22(24)25/h2-5,13-16,19,21,23H,6-12H2,1H3/t13-,14?,15?,16?,19-,20?/m1/s1. The van der Waals surface area contributed by atoms with Gasteiger partial charge in [-0.1, -0.05) is 0 Å². The van der Waals surface area contributed by atoms with E-state index in [2.05, 4.69) is 12.2 Å². The number of nitro benzene ring substituents is 1. The molecule has 0 saturated heterocycles. The molecular weight excluding hydrogens is 316 g/mol. The summed E-state index contributed by atoms with van der Waals surface area (Å²) in [6.07, 6.45) is 7.74. The fourth-order valence-corrected chi connectivity index (χ4v) is 6.15. The van der Waals surface area contributed by atoms with Gasteiger partial charge in [-0.3, -0.25) is 10.1 Å². The van der Waals surface area contributed by atoms with Gasteiger partial charge in [0.25, 0.3) is 5.69 Å². The minimum Gasteiger partial charge on any atom is -0.387 e. The Morgan fingerprint density at radius 2 is 1.68 bits per heavy atom. The first-order valence-corrected chi connectivity index (χ1v) is 9.61. The van der Waals surface area contributed by atoms with Gasteiger partial charge in [-0.15, -0.1) is 0 Å². The Morgan fingerprint density at radius 3 is 2.16 bits per heavy atom. The molecule has 25 heavy (non-hydrogen) atoms. The fraction of sp³-hybridized carbons (Fsp3) is 0.700. The largest absolute Gasteiger partial charge is 0.387 e. The summed E-state index contributed by atoms with van der Waals surface area (Å²) in [5.41, 5.74) is 1.21. The number of aliphatic hydroxyl groups excluding tert-OH is 1. The number of nitrogens with zero attached hydrogens (tertiary/aromatic N) is 1. The van der Waals surface area contributed by atoms with Crippen LogP contribution in [-0.2, 0) is 0 Å². The average molecular weight is 344 g/mol. The predicted molar refractivity (Wildman–Crippen MR) is 96.1 cm³/mol. The van der Waals surface area contributed by atoms with Crippen LogP contribution in [0.25, 0.3) is 0 Å². The summed E-state index contributed by atoms with van der Waals surface area (Å²) < 4.78 is 0. The number of nitrogens with one attached hydrogen (secondary N) is 1. The molecule has 0 spiro atoms. The van der Waals surface area contributed by atoms with Gasteiger partial charge >= 0.3 is 0 Å². The first-order valence-electron chi connectivity index (χ1n) is 9.61. The minimum absolute atomic E-state index is 0.0610. The first kappa shape index (κ1) is 17.0. The summed E-state index contributed by atoms with van der Waals surface area (Å²) in [4.78, 5) is 10.3. The molecule has 0 aliphatic heterocycles. The summed E-state index contributed by atoms with van der Waals surface area (Å²) in [5.74, 6) is 2.78. The number of rotatable bonds is 6. The van der Waals surface area contributed by atoms with Crippen molar-refractivity contribution >= 4 is 5.69 Å². The summed E-state index contributed by atoms with van der Waals surface area (Å²) >= 11 is 0. The van der Waals surface area contributed by atoms with Crippen molar-refractivity contribution in [2.45, 2.75) is 57.6 Å². The molecule has 4 bridgehead atoms. The highest BCUT2D eigenvalue weighted by molar-refractivity contribution is 5.33. The molecule has 4 aliphatic carbocycles. The molecule has 0 amide bonds. The number of non-ortho nitro benzene ring substituents is 1. The van der Waals surface area contributed by atoms with Crippen molar-refractivity contribution in [3.05, 3.63) is 39.9 Å². The van der Waals surface area contributed by atoms with Crippen LogP contribution in [0.15, 0.2) is 24.3 Å². The second kappa shape index (κ2) is 6.36. The Hall–Kier alpha value is -1.46. The second-order valence-corrected chi connectivity index (χ2v) is 8.77. The quantitative estimate of drug-likeness (QED) is 0.607. The highest BCUT2D eigenvalue weighted by Gasteiger charge is 2.52. The molecule has 1 aromatic carbocycles. The highest BCUT2D eigenvalue weighted by Crippen LogP contribution is 2.61. The molecule has 4 saturated carbocycles. The van der Waals surface area contributed by atoms with Gasteiger partial charge in [0, 0.05) is 24.7 Å². The smallest absolute Gasteiger partial charge is 0.269 e. The van der Waals surface area contributed by atoms with Crippen molar-refractivity contribution in [2.75, 3.05) is 6.54 Å². The van der Waals surface area contributed by atoms with Crippen LogP contribution < -0.4 is 5.32 Å². The summed E-state index contributed by atoms with van der Waals surface area (Å²) in [6, 6.07) is 6.63. The summed E-state index contributed by atoms with van der Waals surface area (Å²) in [7, 11) is 0. The lowest BCUT2D eigenvalue weighted by Gasteiger charge is -2.59. The third kappa shape index (κ3) is 3.20. The van der Waals surface area contributed by atoms with Crippen LogP contribution in [0.5, 0.6) is 0 Å². The van der Waals surface area contributed by atoms with Gasteiger partial charge in [0.2, 0.25) is 0 Å². The predicted octanol–water partition coefficient (Wildman–Crippen LogP) is 3.82. The van der Waals surface area contributed by atoms with Gasteiger partial charge in [-0.05, 0) is 86.3 Å². The molecular formula is C20H28N2O3. The van der Waals surface area contributed by atoms with Crippen molar-refractivity contribution in [1.82, 2.24) is 5.32 Å². The monoisotopic (exact) mass is 344 g/mol. The van der Waals surface area contributed by atoms with E-state index in [-0.39, 0.29) is 5.69 Å². The SMILES string of the molecule is C[C@@H](NC[C@@H](O)c1ccc([N+](=O)[O-])cc1)C12CC3CC(CC(C3)C1)C2. The molecule has 1 aromatic rings. The lowest BCUT2D eigenvalue weighted by Crippen LogP contribution is -2.55. The molecule has 4 aliphatic rings. The van der Waals surface area contributed by atoms with Crippen LogP contribution in [0.2, 0.25) is 0 Å². The van der Waals surface area contributed by atoms with Crippen molar-refractivity contribution in [3.63, 3.8) is 0 Å². The van der Waals surface area contributed by atoms with Crippen LogP contribution in [0.4, 0.5) is 5.69 Å². The van der Waals surface area contributed by atoms with Crippen LogP contribution in [0, 0.1) is 33.3 Å². The molecule has 5 rings (SSSR count). The van der Waals surface area contributed by atoms with E-state index in [0.717, 1.165) is 23.3 Å². The van der Waals surface area contributed by atoms with Crippen LogP contribution in [0.3, 0.4) is 0 Å². The minimum atomic E-state index is -0.628. The van der Waals surface area contributed by atoms with Gasteiger partial charge in [0.05, 0.1) is 11.0 Å². The van der Waals surface area contributed by atoms with Crippen LogP contribution in [0.1, 0.15) is 57.1 Å². The van der Waals surface area contributed by atoms with E-state index < -0.39 is 11.0 Å². The molecule has 136 valence electrons. The number of aliphatic hydroxyl groups is 1. The van der Waals surface area contributed by atoms with Crippen molar-refractivity contribution in [1.29, 1.82) is 0 Å². The zero-order chi connectivity index (χ0) is 17.6. The zero-order valence-corrected chi connectivity index (χ0v) is 14.9. The van der Waals surface area contributed by atoms with Gasteiger partial charge in [0.1, 0.15) is 0 Å². The lowest BCUT2D eigenvalue weighted by atomic mass is 9.48. The van der Waals surface area contributed by atoms with E-state index in [1.807, 2.05) is 0 Å². The highest BCUT2D eigenvalue weighted by atomic mass is 16.6. The normalized spacial score (nSPS) is 35.5. The molecule has 2 N–H and O–H groups in total. The van der Waals surface area contributed by atoms with Crippen molar-refractivity contribution < 1.29 is 10.0 Å². The molecule has 0 heterocycles.